The molecule has 0 aromatic heterocycles. The second kappa shape index (κ2) is 7.34. The third-order valence-electron chi connectivity index (χ3n) is 5.41. The van der Waals surface area contributed by atoms with Gasteiger partial charge in [0.1, 0.15) is 0 Å². The zero-order chi connectivity index (χ0) is 18.0. The van der Waals surface area contributed by atoms with Gasteiger partial charge in [0.25, 0.3) is 0 Å². The van der Waals surface area contributed by atoms with Crippen LogP contribution in [0.5, 0.6) is 0 Å². The Hall–Kier alpha value is -1.59. The Kier molecular flexibility index (Phi) is 5.35. The van der Waals surface area contributed by atoms with E-state index < -0.39 is 0 Å². The molecule has 1 aliphatic carbocycles. The second-order valence-corrected chi connectivity index (χ2v) is 8.05. The van der Waals surface area contributed by atoms with Gasteiger partial charge in [0.15, 0.2) is 0 Å². The van der Waals surface area contributed by atoms with Gasteiger partial charge in [-0.15, -0.1) is 0 Å². The minimum atomic E-state index is -0.104. The number of hydrogen-bond acceptors (Lipinski definition) is 3. The first kappa shape index (κ1) is 18.2. The predicted octanol–water partition coefficient (Wildman–Crippen LogP) is 3.22. The Balaban J connectivity index is 1.49. The number of benzene rings is 1. The van der Waals surface area contributed by atoms with Crippen LogP contribution >= 0.6 is 0 Å². The van der Waals surface area contributed by atoms with E-state index in [1.165, 1.54) is 0 Å². The molecule has 2 amide bonds. The predicted molar refractivity (Wildman–Crippen MR) is 97.2 cm³/mol. The van der Waals surface area contributed by atoms with Gasteiger partial charge in [0.05, 0.1) is 18.8 Å². The lowest BCUT2D eigenvalue weighted by Crippen LogP contribution is -2.67. The topological polar surface area (TPSA) is 59.6 Å². The average Bonchev–Trinajstić information content (AvgIpc) is 3.03. The van der Waals surface area contributed by atoms with E-state index in [0.29, 0.717) is 19.1 Å². The highest BCUT2D eigenvalue weighted by Crippen LogP contribution is 2.52. The molecule has 25 heavy (non-hydrogen) atoms. The van der Waals surface area contributed by atoms with Crippen molar-refractivity contribution in [2.75, 3.05) is 6.61 Å². The first-order valence-electron chi connectivity index (χ1n) is 9.23. The van der Waals surface area contributed by atoms with Crippen LogP contribution in [-0.2, 0) is 22.6 Å². The molecular weight excluding hydrogens is 316 g/mol. The Morgan fingerprint density at radius 2 is 2.12 bits per heavy atom. The molecular formula is C20H30N2O3. The zero-order valence-electron chi connectivity index (χ0n) is 15.7. The third kappa shape index (κ3) is 3.98. The van der Waals surface area contributed by atoms with Crippen molar-refractivity contribution in [3.63, 3.8) is 0 Å². The molecule has 1 aromatic rings. The summed E-state index contributed by atoms with van der Waals surface area (Å²) < 4.78 is 11.4. The smallest absolute Gasteiger partial charge is 0.315 e. The Morgan fingerprint density at radius 1 is 1.36 bits per heavy atom. The van der Waals surface area contributed by atoms with Gasteiger partial charge in [-0.3, -0.25) is 0 Å². The largest absolute Gasteiger partial charge is 0.377 e. The van der Waals surface area contributed by atoms with Gasteiger partial charge in [0.2, 0.25) is 0 Å². The number of hydrogen-bond donors (Lipinski definition) is 2. The van der Waals surface area contributed by atoms with E-state index in [-0.39, 0.29) is 29.7 Å². The summed E-state index contributed by atoms with van der Waals surface area (Å²) >= 11 is 0. The van der Waals surface area contributed by atoms with Gasteiger partial charge < -0.3 is 20.1 Å². The Labute approximate surface area is 150 Å². The van der Waals surface area contributed by atoms with Crippen LogP contribution in [0, 0.1) is 11.3 Å². The van der Waals surface area contributed by atoms with Crippen LogP contribution in [0.15, 0.2) is 24.3 Å². The van der Waals surface area contributed by atoms with Gasteiger partial charge in [-0.25, -0.2) is 4.79 Å². The maximum absolute atomic E-state index is 12.3. The van der Waals surface area contributed by atoms with E-state index in [9.17, 15) is 4.79 Å². The fraction of sp³-hybridized carbons (Fsp3) is 0.650. The number of fused-ring (bicyclic) bond motifs is 1. The van der Waals surface area contributed by atoms with Crippen LogP contribution in [0.4, 0.5) is 4.79 Å². The summed E-state index contributed by atoms with van der Waals surface area (Å²) in [5.74, 6) is 0.456. The molecule has 0 unspecified atom stereocenters. The number of rotatable bonds is 6. The minimum Gasteiger partial charge on any atom is -0.377 e. The molecule has 5 heteroatoms. The van der Waals surface area contributed by atoms with Gasteiger partial charge in [-0.2, -0.15) is 0 Å². The minimum absolute atomic E-state index is 0.00656. The maximum atomic E-state index is 12.3. The van der Waals surface area contributed by atoms with Gasteiger partial charge in [-0.1, -0.05) is 38.1 Å². The van der Waals surface area contributed by atoms with Gasteiger partial charge in [0, 0.05) is 30.5 Å². The highest BCUT2D eigenvalue weighted by molar-refractivity contribution is 5.74. The standard InChI is InChI=1S/C20H30N2O3/c1-13(2)25-12-15-7-5-6-14(10-15)11-21-19(23)22-17-16-8-9-24-18(16)20(17,3)4/h5-7,10,13,16-18H,8-9,11-12H2,1-4H3,(H2,21,22,23)/t16-,17-,18+/m1/s1. The first-order valence-corrected chi connectivity index (χ1v) is 9.23. The molecule has 3 rings (SSSR count). The van der Waals surface area contributed by atoms with Crippen LogP contribution in [0.25, 0.3) is 0 Å². The lowest BCUT2D eigenvalue weighted by atomic mass is 9.57. The quantitative estimate of drug-likeness (QED) is 0.831. The summed E-state index contributed by atoms with van der Waals surface area (Å²) in [5, 5.41) is 6.12. The second-order valence-electron chi connectivity index (χ2n) is 8.05. The van der Waals surface area contributed by atoms with Crippen molar-refractivity contribution in [2.45, 2.75) is 65.5 Å². The summed E-state index contributed by atoms with van der Waals surface area (Å²) in [4.78, 5) is 12.3. The molecule has 1 aliphatic heterocycles. The van der Waals surface area contributed by atoms with Crippen molar-refractivity contribution in [2.24, 2.45) is 11.3 Å². The van der Waals surface area contributed by atoms with Crippen LogP contribution < -0.4 is 10.6 Å². The van der Waals surface area contributed by atoms with E-state index >= 15 is 0 Å². The highest BCUT2D eigenvalue weighted by atomic mass is 16.5. The van der Waals surface area contributed by atoms with Gasteiger partial charge in [-0.05, 0) is 31.4 Å². The van der Waals surface area contributed by atoms with Gasteiger partial charge >= 0.3 is 6.03 Å². The van der Waals surface area contributed by atoms with Crippen LogP contribution in [0.3, 0.4) is 0 Å². The number of urea groups is 1. The third-order valence-corrected chi connectivity index (χ3v) is 5.41. The van der Waals surface area contributed by atoms with E-state index in [2.05, 4.69) is 30.5 Å². The molecule has 0 bridgehead atoms. The summed E-state index contributed by atoms with van der Waals surface area (Å²) in [6, 6.07) is 8.23. The number of carbonyl (C=O) groups excluding carboxylic acids is 1. The fourth-order valence-electron chi connectivity index (χ4n) is 4.08. The molecule has 1 heterocycles. The maximum Gasteiger partial charge on any atom is 0.315 e. The van der Waals surface area contributed by atoms with Crippen molar-refractivity contribution in [1.29, 1.82) is 0 Å². The van der Waals surface area contributed by atoms with Crippen molar-refractivity contribution in [1.82, 2.24) is 10.6 Å². The van der Waals surface area contributed by atoms with Crippen molar-refractivity contribution < 1.29 is 14.3 Å². The average molecular weight is 346 g/mol. The number of carbonyl (C=O) groups is 1. The van der Waals surface area contributed by atoms with Crippen LogP contribution in [0.1, 0.15) is 45.2 Å². The number of amides is 2. The highest BCUT2D eigenvalue weighted by Gasteiger charge is 2.59. The fourth-order valence-corrected chi connectivity index (χ4v) is 4.08. The molecule has 2 fully saturated rings. The molecule has 1 aromatic carbocycles. The Bertz CT molecular complexity index is 615. The van der Waals surface area contributed by atoms with E-state index in [4.69, 9.17) is 9.47 Å². The Morgan fingerprint density at radius 3 is 2.88 bits per heavy atom. The normalized spacial score (nSPS) is 26.8. The molecule has 0 spiro atoms. The SMILES string of the molecule is CC(C)OCc1cccc(CNC(=O)N[C@@H]2[C@H]3CCO[C@@H]3C2(C)C)c1. The van der Waals surface area contributed by atoms with E-state index in [1.54, 1.807) is 0 Å². The molecule has 5 nitrogen and oxygen atoms in total. The molecule has 2 N–H and O–H groups in total. The molecule has 2 aliphatic rings. The van der Waals surface area contributed by atoms with Crippen LogP contribution in [0.2, 0.25) is 0 Å². The first-order chi connectivity index (χ1) is 11.9. The van der Waals surface area contributed by atoms with Crippen LogP contribution in [-0.4, -0.2) is 30.9 Å². The molecule has 138 valence electrons. The summed E-state index contributed by atoms with van der Waals surface area (Å²) in [6.07, 6.45) is 1.54. The summed E-state index contributed by atoms with van der Waals surface area (Å²) in [7, 11) is 0. The lowest BCUT2D eigenvalue weighted by molar-refractivity contribution is -0.108. The number of nitrogens with one attached hydrogen (secondary N) is 2. The zero-order valence-corrected chi connectivity index (χ0v) is 15.7. The molecule has 0 radical (unpaired) electrons. The van der Waals surface area contributed by atoms with E-state index in [1.807, 2.05) is 32.0 Å². The van der Waals surface area contributed by atoms with Crippen molar-refractivity contribution >= 4 is 6.03 Å². The molecule has 1 saturated heterocycles. The lowest BCUT2D eigenvalue weighted by Gasteiger charge is -2.54. The van der Waals surface area contributed by atoms with E-state index in [0.717, 1.165) is 24.2 Å². The van der Waals surface area contributed by atoms with Crippen molar-refractivity contribution in [3.8, 4) is 0 Å². The summed E-state index contributed by atoms with van der Waals surface area (Å²) in [6.45, 7) is 10.3. The molecule has 1 saturated carbocycles. The summed E-state index contributed by atoms with van der Waals surface area (Å²) in [5.41, 5.74) is 2.21. The number of ether oxygens (including phenoxy) is 2. The monoisotopic (exact) mass is 346 g/mol. The van der Waals surface area contributed by atoms with Crippen molar-refractivity contribution in [3.05, 3.63) is 35.4 Å². The molecule has 3 atom stereocenters.